The van der Waals surface area contributed by atoms with Crippen molar-refractivity contribution in [1.82, 2.24) is 0 Å². The van der Waals surface area contributed by atoms with Crippen LogP contribution in [0.1, 0.15) is 17.2 Å². The zero-order chi connectivity index (χ0) is 12.8. The zero-order valence-corrected chi connectivity index (χ0v) is 9.71. The van der Waals surface area contributed by atoms with Crippen LogP contribution in [-0.4, -0.2) is 27.9 Å². The van der Waals surface area contributed by atoms with Crippen LogP contribution in [0.4, 0.5) is 0 Å². The molecule has 2 atom stereocenters. The molecule has 0 saturated heterocycles. The Kier molecular flexibility index (Phi) is 4.86. The van der Waals surface area contributed by atoms with Gasteiger partial charge in [0.15, 0.2) is 0 Å². The van der Waals surface area contributed by atoms with Crippen molar-refractivity contribution in [3.63, 3.8) is 0 Å². The van der Waals surface area contributed by atoms with E-state index < -0.39 is 12.2 Å². The van der Waals surface area contributed by atoms with E-state index in [1.165, 1.54) is 0 Å². The molecule has 0 spiro atoms. The van der Waals surface area contributed by atoms with Crippen LogP contribution in [-0.2, 0) is 0 Å². The lowest BCUT2D eigenvalue weighted by atomic mass is 9.98. The number of hydrogen-bond donors (Lipinski definition) is 3. The van der Waals surface area contributed by atoms with Gasteiger partial charge in [-0.25, -0.2) is 0 Å². The number of aliphatic hydroxyl groups is 2. The fraction of sp³-hybridized carbons (Fsp3) is 0.300. The Bertz CT molecular complexity index is 459. The highest BCUT2D eigenvalue weighted by atomic mass is 32.1. The van der Waals surface area contributed by atoms with Crippen molar-refractivity contribution in [2.75, 3.05) is 6.54 Å². The highest BCUT2D eigenvalue weighted by Gasteiger charge is 2.20. The van der Waals surface area contributed by atoms with Crippen LogP contribution in [0.3, 0.4) is 0 Å². The Labute approximate surface area is 103 Å². The molecule has 0 heterocycles. The van der Waals surface area contributed by atoms with Crippen molar-refractivity contribution < 1.29 is 10.2 Å². The number of rotatable bonds is 5. The maximum absolute atomic E-state index is 9.90. The van der Waals surface area contributed by atoms with Gasteiger partial charge in [0.05, 0.1) is 12.6 Å². The van der Waals surface area contributed by atoms with Crippen molar-refractivity contribution in [3.8, 4) is 0 Å². The van der Waals surface area contributed by atoms with Gasteiger partial charge in [-0.1, -0.05) is 41.6 Å². The van der Waals surface area contributed by atoms with Crippen LogP contribution < -0.4 is 5.73 Å². The van der Waals surface area contributed by atoms with Gasteiger partial charge in [0.25, 0.3) is 0 Å². The summed E-state index contributed by atoms with van der Waals surface area (Å²) in [6, 6.07) is 6.69. The zero-order valence-electron chi connectivity index (χ0n) is 8.89. The van der Waals surface area contributed by atoms with Gasteiger partial charge in [-0.2, -0.15) is 0 Å². The first kappa shape index (κ1) is 13.4. The molecule has 17 heavy (non-hydrogen) atoms. The van der Waals surface area contributed by atoms with E-state index in [9.17, 15) is 10.2 Å². The molecular weight excluding hydrogens is 240 g/mol. The molecule has 0 fully saturated rings. The van der Waals surface area contributed by atoms with Crippen molar-refractivity contribution in [2.24, 2.45) is 10.8 Å². The summed E-state index contributed by atoms with van der Waals surface area (Å²) >= 11 is 4.85. The van der Waals surface area contributed by atoms with Crippen molar-refractivity contribution in [3.05, 3.63) is 45.8 Å². The first-order chi connectivity index (χ1) is 8.07. The van der Waals surface area contributed by atoms with Gasteiger partial charge in [-0.15, -0.1) is 0 Å². The molecule has 7 heteroatoms. The predicted octanol–water partition coefficient (Wildman–Crippen LogP) is 1.03. The average Bonchev–Trinajstić information content (AvgIpc) is 2.34. The third-order valence-electron chi connectivity index (χ3n) is 2.24. The molecule has 4 N–H and O–H groups in total. The third kappa shape index (κ3) is 3.40. The Balaban J connectivity index is 2.98. The van der Waals surface area contributed by atoms with Crippen LogP contribution in [0, 0.1) is 0 Å². The summed E-state index contributed by atoms with van der Waals surface area (Å²) in [5.74, 6) is 0. The molecule has 1 aromatic rings. The Morgan fingerprint density at radius 2 is 2.12 bits per heavy atom. The van der Waals surface area contributed by atoms with Crippen LogP contribution in [0.25, 0.3) is 10.4 Å². The van der Waals surface area contributed by atoms with Gasteiger partial charge in [-0.3, -0.25) is 0 Å². The monoisotopic (exact) mass is 252 g/mol. The minimum atomic E-state index is -1.20. The van der Waals surface area contributed by atoms with E-state index in [2.05, 4.69) is 10.0 Å². The van der Waals surface area contributed by atoms with Crippen LogP contribution in [0.15, 0.2) is 29.4 Å². The van der Waals surface area contributed by atoms with Gasteiger partial charge >= 0.3 is 0 Å². The summed E-state index contributed by atoms with van der Waals surface area (Å²) in [6.07, 6.45) is -2.39. The molecule has 0 aliphatic heterocycles. The van der Waals surface area contributed by atoms with Crippen molar-refractivity contribution in [1.29, 1.82) is 0 Å². The van der Waals surface area contributed by atoms with Crippen molar-refractivity contribution >= 4 is 17.2 Å². The van der Waals surface area contributed by atoms with E-state index in [1.807, 2.05) is 0 Å². The molecule has 1 rings (SSSR count). The normalized spacial score (nSPS) is 13.5. The second-order valence-electron chi connectivity index (χ2n) is 3.38. The molecule has 1 aromatic carbocycles. The van der Waals surface area contributed by atoms with E-state index in [1.54, 1.807) is 24.3 Å². The molecule has 0 saturated carbocycles. The summed E-state index contributed by atoms with van der Waals surface area (Å²) < 4.78 is 0. The molecule has 0 aliphatic carbocycles. The van der Waals surface area contributed by atoms with Gasteiger partial charge in [-0.05, 0) is 11.1 Å². The quantitative estimate of drug-likeness (QED) is 0.314. The van der Waals surface area contributed by atoms with Gasteiger partial charge in [0, 0.05) is 10.5 Å². The number of thiocarbonyl (C=S) groups is 1. The Hall–Kier alpha value is -1.66. The second-order valence-corrected chi connectivity index (χ2v) is 3.82. The number of azide groups is 1. The number of hydrogen-bond acceptors (Lipinski definition) is 4. The minimum absolute atomic E-state index is 0.135. The maximum atomic E-state index is 9.90. The second kappa shape index (κ2) is 6.17. The highest BCUT2D eigenvalue weighted by Crippen LogP contribution is 2.21. The predicted molar refractivity (Wildman–Crippen MR) is 67.3 cm³/mol. The van der Waals surface area contributed by atoms with Crippen molar-refractivity contribution in [2.45, 2.75) is 12.2 Å². The lowest BCUT2D eigenvalue weighted by molar-refractivity contribution is 0.0243. The summed E-state index contributed by atoms with van der Waals surface area (Å²) in [5.41, 5.74) is 14.6. The topological polar surface area (TPSA) is 115 Å². The van der Waals surface area contributed by atoms with Gasteiger partial charge < -0.3 is 15.9 Å². The van der Waals surface area contributed by atoms with E-state index >= 15 is 0 Å². The Morgan fingerprint density at radius 3 is 2.71 bits per heavy atom. The fourth-order valence-corrected chi connectivity index (χ4v) is 1.59. The minimum Gasteiger partial charge on any atom is -0.390 e. The van der Waals surface area contributed by atoms with Crippen LogP contribution in [0.5, 0.6) is 0 Å². The van der Waals surface area contributed by atoms with Gasteiger partial charge in [0.2, 0.25) is 0 Å². The number of aliphatic hydroxyl groups excluding tert-OH is 2. The molecule has 2 unspecified atom stereocenters. The van der Waals surface area contributed by atoms with E-state index in [-0.39, 0.29) is 11.5 Å². The number of benzene rings is 1. The lowest BCUT2D eigenvalue weighted by Crippen LogP contribution is -2.24. The number of nitrogens with zero attached hydrogens (tertiary/aromatic N) is 3. The standard InChI is InChI=1S/C10H12N4O2S/c11-10(17)7-4-2-1-3-6(7)9(16)8(15)5-13-14-12/h1-4,8-9,15-16H,5H2,(H2,11,17). The van der Waals surface area contributed by atoms with Crippen LogP contribution >= 0.6 is 12.2 Å². The van der Waals surface area contributed by atoms with Crippen LogP contribution in [0.2, 0.25) is 0 Å². The summed E-state index contributed by atoms with van der Waals surface area (Å²) in [5, 5.41) is 22.7. The smallest absolute Gasteiger partial charge is 0.106 e. The van der Waals surface area contributed by atoms with E-state index in [4.69, 9.17) is 23.5 Å². The first-order valence-corrected chi connectivity index (χ1v) is 5.24. The SMILES string of the molecule is [N-]=[N+]=NCC(O)C(O)c1ccccc1C(N)=S. The lowest BCUT2D eigenvalue weighted by Gasteiger charge is -2.18. The summed E-state index contributed by atoms with van der Waals surface area (Å²) in [4.78, 5) is 2.65. The number of nitrogens with two attached hydrogens (primary N) is 1. The molecule has 0 aliphatic rings. The van der Waals surface area contributed by atoms with E-state index in [0.29, 0.717) is 11.1 Å². The molecule has 6 nitrogen and oxygen atoms in total. The third-order valence-corrected chi connectivity index (χ3v) is 2.46. The largest absolute Gasteiger partial charge is 0.390 e. The molecule has 0 radical (unpaired) electrons. The van der Waals surface area contributed by atoms with E-state index in [0.717, 1.165) is 0 Å². The molecular formula is C10H12N4O2S. The molecule has 0 aromatic heterocycles. The average molecular weight is 252 g/mol. The van der Waals surface area contributed by atoms with Gasteiger partial charge in [0.1, 0.15) is 11.1 Å². The first-order valence-electron chi connectivity index (χ1n) is 4.83. The molecule has 90 valence electrons. The molecule has 0 bridgehead atoms. The highest BCUT2D eigenvalue weighted by molar-refractivity contribution is 7.80. The Morgan fingerprint density at radius 1 is 1.47 bits per heavy atom. The summed E-state index contributed by atoms with van der Waals surface area (Å²) in [6.45, 7) is -0.219. The fourth-order valence-electron chi connectivity index (χ4n) is 1.41. The maximum Gasteiger partial charge on any atom is 0.106 e. The summed E-state index contributed by atoms with van der Waals surface area (Å²) in [7, 11) is 0. The molecule has 0 amide bonds.